The van der Waals surface area contributed by atoms with E-state index in [9.17, 15) is 24.9 Å². The molecular formula is C22H30O7. The summed E-state index contributed by atoms with van der Waals surface area (Å²) in [6.45, 7) is 9.52. The van der Waals surface area contributed by atoms with Crippen molar-refractivity contribution in [3.63, 3.8) is 0 Å². The van der Waals surface area contributed by atoms with Crippen molar-refractivity contribution in [2.75, 3.05) is 6.61 Å². The highest BCUT2D eigenvalue weighted by molar-refractivity contribution is 6.05. The maximum absolute atomic E-state index is 13.6. The number of hydrogen-bond donors (Lipinski definition) is 3. The number of rotatable bonds is 1. The van der Waals surface area contributed by atoms with E-state index in [1.54, 1.807) is 0 Å². The van der Waals surface area contributed by atoms with Gasteiger partial charge in [-0.2, -0.15) is 0 Å². The quantitative estimate of drug-likeness (QED) is 0.439. The van der Waals surface area contributed by atoms with Gasteiger partial charge in [0.15, 0.2) is 11.6 Å². The normalized spacial score (nSPS) is 54.7. The van der Waals surface area contributed by atoms with Crippen LogP contribution in [0.15, 0.2) is 12.2 Å². The fourth-order valence-corrected chi connectivity index (χ4v) is 8.06. The molecule has 7 heteroatoms. The van der Waals surface area contributed by atoms with E-state index in [-0.39, 0.29) is 36.4 Å². The van der Waals surface area contributed by atoms with Crippen LogP contribution in [-0.2, 0) is 19.1 Å². The lowest BCUT2D eigenvalue weighted by atomic mass is 9.36. The fourth-order valence-electron chi connectivity index (χ4n) is 8.06. The Kier molecular flexibility index (Phi) is 3.73. The molecule has 2 saturated heterocycles. The number of Topliss-reactive ketones (excluding diaryl/α,β-unsaturated/α-hetero) is 1. The third-order valence-corrected chi connectivity index (χ3v) is 9.17. The Labute approximate surface area is 170 Å². The summed E-state index contributed by atoms with van der Waals surface area (Å²) in [5.41, 5.74) is -2.52. The summed E-state index contributed by atoms with van der Waals surface area (Å²) in [6, 6.07) is 0. The number of aliphatic hydroxyl groups is 3. The molecule has 4 bridgehead atoms. The zero-order chi connectivity index (χ0) is 21.1. The zero-order valence-corrected chi connectivity index (χ0v) is 17.2. The molecule has 1 unspecified atom stereocenters. The molecule has 0 aromatic rings. The Morgan fingerprint density at radius 1 is 1.31 bits per heavy atom. The topological polar surface area (TPSA) is 113 Å². The average Bonchev–Trinajstić information content (AvgIpc) is 2.75. The number of esters is 1. The second kappa shape index (κ2) is 5.49. The van der Waals surface area contributed by atoms with E-state index in [0.29, 0.717) is 6.42 Å². The Morgan fingerprint density at radius 3 is 2.66 bits per heavy atom. The highest BCUT2D eigenvalue weighted by Gasteiger charge is 2.86. The van der Waals surface area contributed by atoms with Crippen LogP contribution >= 0.6 is 0 Å². The molecule has 4 aliphatic carbocycles. The van der Waals surface area contributed by atoms with Gasteiger partial charge in [0.25, 0.3) is 0 Å². The minimum atomic E-state index is -1.88. The van der Waals surface area contributed by atoms with Crippen LogP contribution in [0.4, 0.5) is 0 Å². The third kappa shape index (κ3) is 1.94. The molecule has 160 valence electrons. The number of ketones is 1. The van der Waals surface area contributed by atoms with E-state index in [0.717, 1.165) is 6.42 Å². The second-order valence-corrected chi connectivity index (χ2v) is 10.6. The second-order valence-electron chi connectivity index (χ2n) is 10.6. The smallest absolute Gasteiger partial charge is 0.302 e. The summed E-state index contributed by atoms with van der Waals surface area (Å²) in [7, 11) is 0. The lowest BCUT2D eigenvalue weighted by molar-refractivity contribution is -0.435. The van der Waals surface area contributed by atoms with Gasteiger partial charge in [-0.15, -0.1) is 0 Å². The molecule has 2 heterocycles. The third-order valence-electron chi connectivity index (χ3n) is 9.17. The van der Waals surface area contributed by atoms with Crippen molar-refractivity contribution in [2.45, 2.75) is 70.6 Å². The van der Waals surface area contributed by atoms with Crippen LogP contribution in [0.2, 0.25) is 0 Å². The summed E-state index contributed by atoms with van der Waals surface area (Å²) in [6.07, 6.45) is -0.945. The predicted molar refractivity (Wildman–Crippen MR) is 100 cm³/mol. The van der Waals surface area contributed by atoms with E-state index in [1.165, 1.54) is 6.92 Å². The molecule has 9 atom stereocenters. The van der Waals surface area contributed by atoms with Crippen LogP contribution in [-0.4, -0.2) is 57.8 Å². The summed E-state index contributed by atoms with van der Waals surface area (Å²) < 4.78 is 11.7. The number of carbonyl (C=O) groups is 2. The summed E-state index contributed by atoms with van der Waals surface area (Å²) in [5.74, 6) is -4.25. The van der Waals surface area contributed by atoms with Gasteiger partial charge in [0.1, 0.15) is 11.5 Å². The number of aliphatic hydroxyl groups excluding tert-OH is 2. The number of fused-ring (bicyclic) bond motifs is 2. The molecule has 0 aromatic heterocycles. The lowest BCUT2D eigenvalue weighted by Crippen LogP contribution is -2.82. The Hall–Kier alpha value is -1.28. The lowest BCUT2D eigenvalue weighted by Gasteiger charge is -2.74. The van der Waals surface area contributed by atoms with E-state index < -0.39 is 58.5 Å². The standard InChI is InChI=1S/C22H30O7/c1-10-12-7-13(29-11(2)23)16-20-9-28-21(27,22(16,17(10)25)18(12)26)8-14(20)19(3,4)6-5-15(20)24/h12-16,18,24,26-27H,1,5-9H2,2-4H3/t12-,13?,14+,15-,16-,18+,20-,21-,22-/m0/s1. The van der Waals surface area contributed by atoms with E-state index in [1.807, 2.05) is 0 Å². The van der Waals surface area contributed by atoms with Gasteiger partial charge in [-0.3, -0.25) is 9.59 Å². The molecule has 3 N–H and O–H groups in total. The van der Waals surface area contributed by atoms with Crippen LogP contribution in [0.5, 0.6) is 0 Å². The zero-order valence-electron chi connectivity index (χ0n) is 17.2. The molecule has 7 nitrogen and oxygen atoms in total. The molecular weight excluding hydrogens is 376 g/mol. The van der Waals surface area contributed by atoms with Gasteiger partial charge in [-0.25, -0.2) is 0 Å². The van der Waals surface area contributed by atoms with Gasteiger partial charge in [0.2, 0.25) is 0 Å². The Balaban J connectivity index is 1.80. The monoisotopic (exact) mass is 406 g/mol. The Bertz CT molecular complexity index is 820. The molecule has 4 saturated carbocycles. The summed E-state index contributed by atoms with van der Waals surface area (Å²) in [4.78, 5) is 25.6. The molecule has 6 aliphatic rings. The van der Waals surface area contributed by atoms with Gasteiger partial charge in [-0.1, -0.05) is 20.4 Å². The molecule has 6 rings (SSSR count). The maximum Gasteiger partial charge on any atom is 0.302 e. The first-order valence-corrected chi connectivity index (χ1v) is 10.6. The molecule has 29 heavy (non-hydrogen) atoms. The van der Waals surface area contributed by atoms with Crippen LogP contribution in [0.3, 0.4) is 0 Å². The minimum Gasteiger partial charge on any atom is -0.462 e. The average molecular weight is 406 g/mol. The van der Waals surface area contributed by atoms with Crippen molar-refractivity contribution in [1.29, 1.82) is 0 Å². The molecule has 0 amide bonds. The van der Waals surface area contributed by atoms with E-state index in [2.05, 4.69) is 20.4 Å². The number of carbonyl (C=O) groups excluding carboxylic acids is 2. The molecule has 0 radical (unpaired) electrons. The largest absolute Gasteiger partial charge is 0.462 e. The van der Waals surface area contributed by atoms with Crippen molar-refractivity contribution in [3.8, 4) is 0 Å². The fraction of sp³-hybridized carbons (Fsp3) is 0.818. The van der Waals surface area contributed by atoms with Crippen molar-refractivity contribution in [3.05, 3.63) is 12.2 Å². The van der Waals surface area contributed by atoms with Gasteiger partial charge < -0.3 is 24.8 Å². The van der Waals surface area contributed by atoms with Crippen molar-refractivity contribution in [2.24, 2.45) is 34.0 Å². The van der Waals surface area contributed by atoms with E-state index >= 15 is 0 Å². The van der Waals surface area contributed by atoms with Gasteiger partial charge >= 0.3 is 5.97 Å². The van der Waals surface area contributed by atoms with Gasteiger partial charge in [-0.05, 0) is 36.2 Å². The van der Waals surface area contributed by atoms with Crippen molar-refractivity contribution < 1.29 is 34.4 Å². The van der Waals surface area contributed by atoms with Crippen molar-refractivity contribution >= 4 is 11.8 Å². The van der Waals surface area contributed by atoms with Crippen LogP contribution < -0.4 is 0 Å². The van der Waals surface area contributed by atoms with Crippen LogP contribution in [0.25, 0.3) is 0 Å². The highest BCUT2D eigenvalue weighted by Crippen LogP contribution is 2.76. The molecule has 6 fully saturated rings. The number of hydrogen-bond acceptors (Lipinski definition) is 7. The summed E-state index contributed by atoms with van der Waals surface area (Å²) >= 11 is 0. The summed E-state index contributed by atoms with van der Waals surface area (Å²) in [5, 5.41) is 34.5. The first kappa shape index (κ1) is 19.7. The maximum atomic E-state index is 13.6. The first-order valence-electron chi connectivity index (χ1n) is 10.6. The molecule has 2 aliphatic heterocycles. The van der Waals surface area contributed by atoms with Gasteiger partial charge in [0.05, 0.1) is 18.8 Å². The molecule has 0 aromatic carbocycles. The Morgan fingerprint density at radius 2 is 2.00 bits per heavy atom. The van der Waals surface area contributed by atoms with Crippen LogP contribution in [0.1, 0.15) is 46.5 Å². The van der Waals surface area contributed by atoms with Gasteiger partial charge in [0, 0.05) is 30.6 Å². The predicted octanol–water partition coefficient (Wildman–Crippen LogP) is 0.946. The molecule has 2 spiro atoms. The highest BCUT2D eigenvalue weighted by atomic mass is 16.6. The van der Waals surface area contributed by atoms with Crippen molar-refractivity contribution in [1.82, 2.24) is 0 Å². The van der Waals surface area contributed by atoms with E-state index in [4.69, 9.17) is 9.47 Å². The SMILES string of the molecule is C=C1C(=O)[C@]23[C@H](O)[C@H]1CC(OC(C)=O)[C@H]2[C@@]12CO[C@@]3(O)C[C@@H]1C(C)(C)CC[C@@H]2O. The first-order chi connectivity index (χ1) is 13.4. The van der Waals surface area contributed by atoms with Crippen LogP contribution in [0, 0.1) is 34.0 Å². The minimum absolute atomic E-state index is 0.0695. The number of ether oxygens (including phenoxy) is 2.